The van der Waals surface area contributed by atoms with E-state index in [0.717, 1.165) is 16.7 Å². The summed E-state index contributed by atoms with van der Waals surface area (Å²) in [5.41, 5.74) is 4.06. The van der Waals surface area contributed by atoms with Crippen LogP contribution in [0.2, 0.25) is 0 Å². The molecule has 8 heteroatoms. The van der Waals surface area contributed by atoms with Gasteiger partial charge in [-0.15, -0.1) is 0 Å². The number of benzene rings is 2. The number of nitrogens with zero attached hydrogens (tertiary/aromatic N) is 1. The number of anilines is 1. The van der Waals surface area contributed by atoms with Gasteiger partial charge in [-0.05, 0) is 59.9 Å². The number of fused-ring (bicyclic) bond motifs is 2. The van der Waals surface area contributed by atoms with Crippen molar-refractivity contribution in [2.75, 3.05) is 32.7 Å². The molecule has 2 aromatic carbocycles. The summed E-state index contributed by atoms with van der Waals surface area (Å²) < 4.78 is 16.0. The van der Waals surface area contributed by atoms with Crippen LogP contribution in [0.1, 0.15) is 33.5 Å². The highest BCUT2D eigenvalue weighted by atomic mass is 16.5. The number of aryl methyl sites for hydroxylation is 1. The molecule has 2 heterocycles. The number of hydrogen-bond acceptors (Lipinski definition) is 6. The number of carbonyl (C=O) groups excluding carboxylic acids is 3. The predicted molar refractivity (Wildman–Crippen MR) is 112 cm³/mol. The molecule has 162 valence electrons. The van der Waals surface area contributed by atoms with Crippen molar-refractivity contribution in [3.63, 3.8) is 0 Å². The number of hydrogen-bond donors (Lipinski definition) is 1. The van der Waals surface area contributed by atoms with Crippen LogP contribution in [0.4, 0.5) is 5.69 Å². The first-order valence-electron chi connectivity index (χ1n) is 10.1. The van der Waals surface area contributed by atoms with E-state index in [2.05, 4.69) is 5.32 Å². The van der Waals surface area contributed by atoms with Crippen LogP contribution in [0.25, 0.3) is 0 Å². The van der Waals surface area contributed by atoms with Crippen LogP contribution in [-0.2, 0) is 33.7 Å². The second-order valence-corrected chi connectivity index (χ2v) is 7.54. The quantitative estimate of drug-likeness (QED) is 0.741. The first kappa shape index (κ1) is 20.7. The van der Waals surface area contributed by atoms with Gasteiger partial charge >= 0.3 is 5.97 Å². The third-order valence-corrected chi connectivity index (χ3v) is 5.63. The van der Waals surface area contributed by atoms with Crippen LogP contribution < -0.4 is 14.8 Å². The van der Waals surface area contributed by atoms with Crippen molar-refractivity contribution in [3.8, 4) is 11.5 Å². The number of ether oxygens (including phenoxy) is 3. The van der Waals surface area contributed by atoms with Gasteiger partial charge < -0.3 is 24.4 Å². The molecule has 1 N–H and O–H groups in total. The Morgan fingerprint density at radius 2 is 1.71 bits per heavy atom. The highest BCUT2D eigenvalue weighted by molar-refractivity contribution is 5.96. The smallest absolute Gasteiger partial charge is 0.338 e. The largest absolute Gasteiger partial charge is 0.493 e. The highest BCUT2D eigenvalue weighted by Gasteiger charge is 2.24. The Bertz CT molecular complexity index is 1050. The van der Waals surface area contributed by atoms with Gasteiger partial charge in [0.2, 0.25) is 5.91 Å². The van der Waals surface area contributed by atoms with Gasteiger partial charge in [-0.25, -0.2) is 4.79 Å². The second-order valence-electron chi connectivity index (χ2n) is 7.54. The van der Waals surface area contributed by atoms with Gasteiger partial charge in [0, 0.05) is 25.2 Å². The van der Waals surface area contributed by atoms with Gasteiger partial charge in [-0.3, -0.25) is 9.59 Å². The zero-order valence-corrected chi connectivity index (χ0v) is 17.5. The summed E-state index contributed by atoms with van der Waals surface area (Å²) in [5, 5.41) is 2.77. The lowest BCUT2D eigenvalue weighted by Gasteiger charge is -2.29. The molecule has 2 aliphatic heterocycles. The molecular weight excluding hydrogens is 400 g/mol. The number of carbonyl (C=O) groups is 3. The Morgan fingerprint density at radius 1 is 0.968 bits per heavy atom. The maximum Gasteiger partial charge on any atom is 0.338 e. The lowest BCUT2D eigenvalue weighted by Crippen LogP contribution is -2.38. The molecule has 0 unspecified atom stereocenters. The van der Waals surface area contributed by atoms with E-state index in [1.165, 1.54) is 0 Å². The number of nitrogens with one attached hydrogen (secondary N) is 1. The monoisotopic (exact) mass is 424 g/mol. The topological polar surface area (TPSA) is 94.2 Å². The van der Waals surface area contributed by atoms with Gasteiger partial charge in [0.1, 0.15) is 0 Å². The number of amides is 2. The van der Waals surface area contributed by atoms with E-state index in [0.29, 0.717) is 55.1 Å². The number of methoxy groups -OCH3 is 2. The van der Waals surface area contributed by atoms with E-state index in [9.17, 15) is 14.4 Å². The predicted octanol–water partition coefficient (Wildman–Crippen LogP) is 2.33. The van der Waals surface area contributed by atoms with Gasteiger partial charge in [0.25, 0.3) is 5.91 Å². The van der Waals surface area contributed by atoms with Crippen LogP contribution in [-0.4, -0.2) is 50.1 Å². The van der Waals surface area contributed by atoms with Gasteiger partial charge in [-0.1, -0.05) is 0 Å². The summed E-state index contributed by atoms with van der Waals surface area (Å²) in [6, 6.07) is 8.81. The molecule has 0 aromatic heterocycles. The summed E-state index contributed by atoms with van der Waals surface area (Å²) in [7, 11) is 3.17. The Balaban J connectivity index is 1.37. The van der Waals surface area contributed by atoms with E-state index in [4.69, 9.17) is 14.2 Å². The molecule has 2 aliphatic rings. The molecular formula is C23H24N2O6. The fourth-order valence-electron chi connectivity index (χ4n) is 3.91. The molecule has 0 fully saturated rings. The fourth-order valence-corrected chi connectivity index (χ4v) is 3.91. The lowest BCUT2D eigenvalue weighted by atomic mass is 9.99. The standard InChI is InChI=1S/C23H24N2O6/c1-29-19-10-14-7-8-25(12-17(14)11-20(19)30-2)22(27)13-31-23(28)16-3-5-18-15(9-16)4-6-21(26)24-18/h3,5,9-11H,4,6-8,12-13H2,1-2H3,(H,24,26). The van der Waals surface area contributed by atoms with Crippen molar-refractivity contribution in [3.05, 3.63) is 52.6 Å². The third-order valence-electron chi connectivity index (χ3n) is 5.63. The van der Waals surface area contributed by atoms with Crippen molar-refractivity contribution >= 4 is 23.5 Å². The van der Waals surface area contributed by atoms with E-state index >= 15 is 0 Å². The molecule has 31 heavy (non-hydrogen) atoms. The molecule has 4 rings (SSSR count). The molecule has 0 spiro atoms. The van der Waals surface area contributed by atoms with Gasteiger partial charge in [0.05, 0.1) is 19.8 Å². The molecule has 2 amide bonds. The Morgan fingerprint density at radius 3 is 2.45 bits per heavy atom. The van der Waals surface area contributed by atoms with Crippen LogP contribution in [0.5, 0.6) is 11.5 Å². The number of rotatable bonds is 5. The van der Waals surface area contributed by atoms with Crippen LogP contribution in [0, 0.1) is 0 Å². The Labute approximate surface area is 180 Å². The summed E-state index contributed by atoms with van der Waals surface area (Å²) in [5.74, 6) is 0.439. The summed E-state index contributed by atoms with van der Waals surface area (Å²) in [4.78, 5) is 38.2. The molecule has 0 radical (unpaired) electrons. The van der Waals surface area contributed by atoms with Gasteiger partial charge in [-0.2, -0.15) is 0 Å². The van der Waals surface area contributed by atoms with E-state index in [1.807, 2.05) is 12.1 Å². The van der Waals surface area contributed by atoms with Gasteiger partial charge in [0.15, 0.2) is 18.1 Å². The SMILES string of the molecule is COc1cc2c(cc1OC)CN(C(=O)COC(=O)c1ccc3c(c1)CCC(=O)N3)CC2. The fraction of sp³-hybridized carbons (Fsp3) is 0.348. The van der Waals surface area contributed by atoms with Crippen molar-refractivity contribution in [2.45, 2.75) is 25.8 Å². The minimum Gasteiger partial charge on any atom is -0.493 e. The molecule has 0 aliphatic carbocycles. The Hall–Kier alpha value is -3.55. The van der Waals surface area contributed by atoms with E-state index < -0.39 is 5.97 Å². The summed E-state index contributed by atoms with van der Waals surface area (Å²) >= 11 is 0. The van der Waals surface area contributed by atoms with Crippen molar-refractivity contribution < 1.29 is 28.6 Å². The molecule has 0 atom stereocenters. The Kier molecular flexibility index (Phi) is 5.79. The highest BCUT2D eigenvalue weighted by Crippen LogP contribution is 2.33. The summed E-state index contributed by atoms with van der Waals surface area (Å²) in [6.07, 6.45) is 1.64. The molecule has 2 aromatic rings. The normalized spacial score (nSPS) is 14.8. The van der Waals surface area contributed by atoms with Crippen molar-refractivity contribution in [1.82, 2.24) is 4.90 Å². The third kappa shape index (κ3) is 4.33. The van der Waals surface area contributed by atoms with E-state index in [1.54, 1.807) is 37.3 Å². The van der Waals surface area contributed by atoms with Crippen molar-refractivity contribution in [1.29, 1.82) is 0 Å². The molecule has 0 saturated heterocycles. The molecule has 8 nitrogen and oxygen atoms in total. The van der Waals surface area contributed by atoms with Crippen LogP contribution in [0.15, 0.2) is 30.3 Å². The number of esters is 1. The lowest BCUT2D eigenvalue weighted by molar-refractivity contribution is -0.135. The van der Waals surface area contributed by atoms with Crippen LogP contribution >= 0.6 is 0 Å². The average Bonchev–Trinajstić information content (AvgIpc) is 2.80. The van der Waals surface area contributed by atoms with Crippen molar-refractivity contribution in [2.24, 2.45) is 0 Å². The molecule has 0 saturated carbocycles. The maximum atomic E-state index is 12.6. The van der Waals surface area contributed by atoms with E-state index in [-0.39, 0.29) is 18.4 Å². The van der Waals surface area contributed by atoms with Crippen LogP contribution in [0.3, 0.4) is 0 Å². The zero-order valence-electron chi connectivity index (χ0n) is 17.5. The average molecular weight is 424 g/mol. The second kappa shape index (κ2) is 8.67. The summed E-state index contributed by atoms with van der Waals surface area (Å²) in [6.45, 7) is 0.636. The first-order chi connectivity index (χ1) is 15.0. The zero-order chi connectivity index (χ0) is 22.0. The minimum absolute atomic E-state index is 0.0346. The minimum atomic E-state index is -0.558. The first-order valence-corrected chi connectivity index (χ1v) is 10.1. The molecule has 0 bridgehead atoms. The maximum absolute atomic E-state index is 12.6.